The second kappa shape index (κ2) is 11.1. The number of hydrogen-bond donors (Lipinski definition) is 3. The Morgan fingerprint density at radius 1 is 0.947 bits per heavy atom. The van der Waals surface area contributed by atoms with Crippen LogP contribution in [0.1, 0.15) is 44.3 Å². The monoisotopic (exact) mass is 514 g/mol. The number of hydrogen-bond acceptors (Lipinski definition) is 5. The average Bonchev–Trinajstić information content (AvgIpc) is 3.07. The van der Waals surface area contributed by atoms with Gasteiger partial charge in [0.05, 0.1) is 14.2 Å². The molecule has 9 heteroatoms. The molecule has 38 heavy (non-hydrogen) atoms. The van der Waals surface area contributed by atoms with Crippen molar-refractivity contribution in [3.8, 4) is 11.5 Å². The number of fused-ring (bicyclic) bond motifs is 1. The van der Waals surface area contributed by atoms with Gasteiger partial charge in [-0.05, 0) is 72.5 Å². The van der Waals surface area contributed by atoms with E-state index in [-0.39, 0.29) is 18.0 Å². The van der Waals surface area contributed by atoms with Crippen LogP contribution in [0.15, 0.2) is 66.9 Å². The molecule has 4 amide bonds. The summed E-state index contributed by atoms with van der Waals surface area (Å²) >= 11 is 0. The maximum Gasteiger partial charge on any atom is 0.321 e. The first-order valence-corrected chi connectivity index (χ1v) is 12.0. The van der Waals surface area contributed by atoms with Gasteiger partial charge in [0.25, 0.3) is 5.91 Å². The van der Waals surface area contributed by atoms with E-state index in [1.54, 1.807) is 56.5 Å². The number of methoxy groups -OCH3 is 2. The molecule has 196 valence electrons. The lowest BCUT2D eigenvalue weighted by Gasteiger charge is -2.24. The van der Waals surface area contributed by atoms with Gasteiger partial charge in [-0.25, -0.2) is 4.79 Å². The van der Waals surface area contributed by atoms with Gasteiger partial charge >= 0.3 is 6.03 Å². The van der Waals surface area contributed by atoms with E-state index in [0.717, 1.165) is 22.3 Å². The molecule has 1 aliphatic rings. The van der Waals surface area contributed by atoms with Crippen molar-refractivity contribution in [2.45, 2.75) is 19.4 Å². The molecule has 0 saturated heterocycles. The van der Waals surface area contributed by atoms with E-state index in [2.05, 4.69) is 10.6 Å². The Bertz CT molecular complexity index is 1410. The van der Waals surface area contributed by atoms with Crippen molar-refractivity contribution in [2.24, 2.45) is 5.73 Å². The van der Waals surface area contributed by atoms with Gasteiger partial charge in [0.2, 0.25) is 5.91 Å². The maximum absolute atomic E-state index is 12.9. The topological polar surface area (TPSA) is 123 Å². The first kappa shape index (κ1) is 26.3. The number of carbonyl (C=O) groups is 3. The van der Waals surface area contributed by atoms with E-state index in [9.17, 15) is 14.4 Å². The van der Waals surface area contributed by atoms with Crippen LogP contribution in [0.4, 0.5) is 10.5 Å². The number of primary amides is 1. The average molecular weight is 515 g/mol. The number of benzene rings is 3. The highest BCUT2D eigenvalue weighted by molar-refractivity contribution is 6.05. The summed E-state index contributed by atoms with van der Waals surface area (Å²) in [6, 6.07) is 17.0. The Hall–Kier alpha value is -4.79. The molecule has 0 bridgehead atoms. The Labute approximate surface area is 221 Å². The number of carbonyl (C=O) groups excluding carboxylic acids is 3. The zero-order valence-electron chi connectivity index (χ0n) is 21.7. The predicted molar refractivity (Wildman–Crippen MR) is 145 cm³/mol. The summed E-state index contributed by atoms with van der Waals surface area (Å²) in [5.74, 6) is 0.281. The quantitative estimate of drug-likeness (QED) is 0.458. The minimum absolute atomic E-state index is 0.120. The third kappa shape index (κ3) is 5.31. The van der Waals surface area contributed by atoms with Gasteiger partial charge in [-0.2, -0.15) is 0 Å². The molecule has 0 radical (unpaired) electrons. The van der Waals surface area contributed by atoms with E-state index in [4.69, 9.17) is 15.2 Å². The molecular formula is C29H30N4O5. The molecule has 0 fully saturated rings. The SMILES string of the molecule is CNC(=O)N1C=C(c2ccc(C(=O)Nc3cccc(C(N)=O)c3)cc2)c2cc(OC)c(OC)cc2CC1C. The Morgan fingerprint density at radius 3 is 2.26 bits per heavy atom. The zero-order chi connectivity index (χ0) is 27.4. The fraction of sp³-hybridized carbons (Fsp3) is 0.207. The van der Waals surface area contributed by atoms with Crippen LogP contribution in [0, 0.1) is 0 Å². The second-order valence-electron chi connectivity index (χ2n) is 8.90. The first-order valence-electron chi connectivity index (χ1n) is 12.0. The van der Waals surface area contributed by atoms with E-state index >= 15 is 0 Å². The number of nitrogens with two attached hydrogens (primary N) is 1. The molecule has 0 aromatic heterocycles. The largest absolute Gasteiger partial charge is 0.493 e. The fourth-order valence-electron chi connectivity index (χ4n) is 4.47. The molecule has 1 heterocycles. The molecule has 3 aromatic rings. The summed E-state index contributed by atoms with van der Waals surface area (Å²) in [6.45, 7) is 1.98. The third-order valence-electron chi connectivity index (χ3n) is 6.47. The summed E-state index contributed by atoms with van der Waals surface area (Å²) in [6.07, 6.45) is 2.43. The van der Waals surface area contributed by atoms with Crippen LogP contribution in [-0.2, 0) is 6.42 Å². The molecule has 4 rings (SSSR count). The Morgan fingerprint density at radius 2 is 1.63 bits per heavy atom. The van der Waals surface area contributed by atoms with Crippen molar-refractivity contribution in [3.63, 3.8) is 0 Å². The van der Waals surface area contributed by atoms with Crippen molar-refractivity contribution in [1.29, 1.82) is 0 Å². The summed E-state index contributed by atoms with van der Waals surface area (Å²) in [5, 5.41) is 5.49. The van der Waals surface area contributed by atoms with Crippen LogP contribution < -0.4 is 25.8 Å². The minimum Gasteiger partial charge on any atom is -0.493 e. The Kier molecular flexibility index (Phi) is 7.66. The fourth-order valence-corrected chi connectivity index (χ4v) is 4.47. The standard InChI is InChI=1S/C29H30N4O5/c1-17-12-21-14-25(37-3)26(38-4)15-23(21)24(16-33(17)29(36)31-2)18-8-10-19(11-9-18)28(35)32-22-7-5-6-20(13-22)27(30)34/h5-11,13-17H,12H2,1-4H3,(H2,30,34)(H,31,36)(H,32,35). The minimum atomic E-state index is -0.572. The van der Waals surface area contributed by atoms with E-state index in [1.165, 1.54) is 6.07 Å². The molecule has 1 atom stereocenters. The number of nitrogens with one attached hydrogen (secondary N) is 2. The van der Waals surface area contributed by atoms with Crippen LogP contribution in [0.5, 0.6) is 11.5 Å². The lowest BCUT2D eigenvalue weighted by Crippen LogP contribution is -2.40. The predicted octanol–water partition coefficient (Wildman–Crippen LogP) is 4.03. The van der Waals surface area contributed by atoms with Crippen LogP contribution in [-0.4, -0.2) is 50.1 Å². The molecular weight excluding hydrogens is 484 g/mol. The number of rotatable bonds is 6. The zero-order valence-corrected chi connectivity index (χ0v) is 21.7. The molecule has 0 aliphatic carbocycles. The van der Waals surface area contributed by atoms with Gasteiger partial charge in [0, 0.05) is 41.7 Å². The third-order valence-corrected chi connectivity index (χ3v) is 6.47. The molecule has 4 N–H and O–H groups in total. The number of amides is 4. The molecule has 9 nitrogen and oxygen atoms in total. The highest BCUT2D eigenvalue weighted by atomic mass is 16.5. The van der Waals surface area contributed by atoms with Gasteiger partial charge in [-0.1, -0.05) is 18.2 Å². The van der Waals surface area contributed by atoms with E-state index in [1.807, 2.05) is 37.4 Å². The maximum atomic E-state index is 12.9. The Balaban J connectivity index is 1.71. The highest BCUT2D eigenvalue weighted by Gasteiger charge is 2.27. The normalized spacial score (nSPS) is 14.5. The highest BCUT2D eigenvalue weighted by Crippen LogP contribution is 2.39. The van der Waals surface area contributed by atoms with E-state index < -0.39 is 5.91 Å². The molecule has 0 saturated carbocycles. The smallest absolute Gasteiger partial charge is 0.321 e. The second-order valence-corrected chi connectivity index (χ2v) is 8.90. The van der Waals surface area contributed by atoms with Crippen LogP contribution in [0.25, 0.3) is 5.57 Å². The van der Waals surface area contributed by atoms with Gasteiger partial charge in [0.15, 0.2) is 11.5 Å². The van der Waals surface area contributed by atoms with Crippen molar-refractivity contribution < 1.29 is 23.9 Å². The van der Waals surface area contributed by atoms with Crippen LogP contribution >= 0.6 is 0 Å². The van der Waals surface area contributed by atoms with E-state index in [0.29, 0.717) is 34.7 Å². The summed E-state index contributed by atoms with van der Waals surface area (Å²) in [5.41, 5.74) is 10.1. The summed E-state index contributed by atoms with van der Waals surface area (Å²) < 4.78 is 11.1. The van der Waals surface area contributed by atoms with Gasteiger partial charge in [0.1, 0.15) is 0 Å². The van der Waals surface area contributed by atoms with Crippen molar-refractivity contribution in [2.75, 3.05) is 26.6 Å². The first-order chi connectivity index (χ1) is 18.2. The number of anilines is 1. The van der Waals surface area contributed by atoms with Crippen LogP contribution in [0.2, 0.25) is 0 Å². The summed E-state index contributed by atoms with van der Waals surface area (Å²) in [7, 11) is 4.77. The number of nitrogens with zero attached hydrogens (tertiary/aromatic N) is 1. The summed E-state index contributed by atoms with van der Waals surface area (Å²) in [4.78, 5) is 38.7. The molecule has 0 spiro atoms. The van der Waals surface area contributed by atoms with Crippen molar-refractivity contribution >= 4 is 29.1 Å². The van der Waals surface area contributed by atoms with Gasteiger partial charge in [-0.15, -0.1) is 0 Å². The van der Waals surface area contributed by atoms with Gasteiger partial charge in [-0.3, -0.25) is 14.5 Å². The lowest BCUT2D eigenvalue weighted by molar-refractivity contribution is 0.0996. The molecule has 3 aromatic carbocycles. The number of urea groups is 1. The lowest BCUT2D eigenvalue weighted by atomic mass is 9.92. The number of ether oxygens (including phenoxy) is 2. The van der Waals surface area contributed by atoms with Crippen LogP contribution in [0.3, 0.4) is 0 Å². The van der Waals surface area contributed by atoms with Gasteiger partial charge < -0.3 is 25.8 Å². The van der Waals surface area contributed by atoms with Crippen molar-refractivity contribution in [1.82, 2.24) is 10.2 Å². The molecule has 1 aliphatic heterocycles. The molecule has 1 unspecified atom stereocenters. The van der Waals surface area contributed by atoms with Crippen molar-refractivity contribution in [3.05, 3.63) is 94.7 Å².